The van der Waals surface area contributed by atoms with Gasteiger partial charge >= 0.3 is 0 Å². The van der Waals surface area contributed by atoms with Crippen LogP contribution in [0.15, 0.2) is 212 Å². The lowest BCUT2D eigenvalue weighted by molar-refractivity contribution is -0.0120. The van der Waals surface area contributed by atoms with E-state index in [0.717, 1.165) is 35.7 Å². The second-order valence-corrected chi connectivity index (χ2v) is 19.3. The highest BCUT2D eigenvalue weighted by molar-refractivity contribution is 7.74. The van der Waals surface area contributed by atoms with Gasteiger partial charge in [-0.1, -0.05) is 212 Å². The monoisotopic (exact) mass is 782 g/mol. The largest absolute Gasteiger partial charge is 0.381 e. The fourth-order valence-electron chi connectivity index (χ4n) is 8.99. The van der Waals surface area contributed by atoms with E-state index in [1.54, 1.807) is 0 Å². The number of hydrogen-bond donors (Lipinski definition) is 0. The van der Waals surface area contributed by atoms with Crippen molar-refractivity contribution in [1.82, 2.24) is 0 Å². The van der Waals surface area contributed by atoms with E-state index in [9.17, 15) is 0 Å². The Morgan fingerprint density at radius 1 is 0.474 bits per heavy atom. The molecule has 0 bridgehead atoms. The van der Waals surface area contributed by atoms with Crippen molar-refractivity contribution in [2.75, 3.05) is 19.9 Å². The van der Waals surface area contributed by atoms with Crippen molar-refractivity contribution in [3.8, 4) is 0 Å². The summed E-state index contributed by atoms with van der Waals surface area (Å²) in [6, 6.07) is 77.4. The summed E-state index contributed by atoms with van der Waals surface area (Å²) in [5.41, 5.74) is 3.07. The number of hydrogen-bond acceptors (Lipinski definition) is 2. The van der Waals surface area contributed by atoms with Crippen LogP contribution >= 0.6 is 15.8 Å². The van der Waals surface area contributed by atoms with Crippen molar-refractivity contribution in [1.29, 1.82) is 0 Å². The molecule has 2 nitrogen and oxygen atoms in total. The third-order valence-corrected chi connectivity index (χ3v) is 17.1. The molecule has 8 rings (SSSR count). The van der Waals surface area contributed by atoms with Crippen LogP contribution in [0.25, 0.3) is 0 Å². The smallest absolute Gasteiger partial charge is 0.143 e. The highest BCUT2D eigenvalue weighted by Gasteiger charge is 2.48. The van der Waals surface area contributed by atoms with E-state index >= 15 is 0 Å². The molecule has 0 saturated heterocycles. The second kappa shape index (κ2) is 19.7. The van der Waals surface area contributed by atoms with Gasteiger partial charge in [0.15, 0.2) is 0 Å². The summed E-state index contributed by atoms with van der Waals surface area (Å²) >= 11 is 0. The van der Waals surface area contributed by atoms with Crippen LogP contribution in [-0.2, 0) is 15.1 Å². The molecule has 1 saturated carbocycles. The maximum atomic E-state index is 7.49. The Balaban J connectivity index is 0.00000496. The van der Waals surface area contributed by atoms with E-state index in [4.69, 9.17) is 9.47 Å². The first-order chi connectivity index (χ1) is 27.8. The van der Waals surface area contributed by atoms with Crippen LogP contribution in [-0.4, -0.2) is 40.1 Å². The fraction of sp³-hybridized carbons (Fsp3) is 0.192. The van der Waals surface area contributed by atoms with Gasteiger partial charge in [0.2, 0.25) is 0 Å². The van der Waals surface area contributed by atoms with E-state index in [2.05, 4.69) is 212 Å². The number of methoxy groups -OCH3 is 1. The highest BCUT2D eigenvalue weighted by Crippen LogP contribution is 2.57. The van der Waals surface area contributed by atoms with Crippen molar-refractivity contribution < 1.29 is 9.47 Å². The molecule has 4 atom stereocenters. The average molecular weight is 783 g/mol. The molecule has 57 heavy (non-hydrogen) atoms. The van der Waals surface area contributed by atoms with E-state index in [1.165, 1.54) is 21.2 Å². The summed E-state index contributed by atoms with van der Waals surface area (Å²) in [5, 5.41) is 5.75. The van der Waals surface area contributed by atoms with Gasteiger partial charge in [-0.15, -0.1) is 0 Å². The van der Waals surface area contributed by atoms with Gasteiger partial charge in [0, 0.05) is 13.7 Å². The van der Waals surface area contributed by atoms with Crippen molar-refractivity contribution >= 4 is 45.5 Å². The molecule has 2 unspecified atom stereocenters. The summed E-state index contributed by atoms with van der Waals surface area (Å²) in [6.07, 6.45) is 3.13. The number of rotatable bonds is 15. The SMILES string of the molecule is B.COC1C[C@H](P(c2ccccc2)c2ccccc2)[C@@H](CP(c2ccccc2)c2ccccc2)C1CCOC(c1ccccc1)(c1ccccc1)c1ccccc1. The molecule has 5 heteroatoms. The standard InChI is InChI=1S/C52H50O2P2.BH3/c1-53-50-39-51(56(46-33-19-7-20-34-46)47-35-21-8-22-36-47)49(40-55(44-29-15-5-16-30-44)45-31-17-6-18-32-45)48(50)37-38-54-52(41-23-9-2-10-24-41,42-25-11-3-12-26-42)43-27-13-4-14-28-43;/h2-36,48-51H,37-40H2,1H3;1H3/t48?,49-,50?,51-;/m0./s1. The van der Waals surface area contributed by atoms with Crippen LogP contribution in [0, 0.1) is 11.8 Å². The molecule has 0 aliphatic heterocycles. The van der Waals surface area contributed by atoms with Crippen molar-refractivity contribution in [3.05, 3.63) is 229 Å². The minimum absolute atomic E-state index is 0. The van der Waals surface area contributed by atoms with E-state index < -0.39 is 21.4 Å². The molecule has 0 amide bonds. The molecule has 1 aliphatic rings. The molecule has 0 spiro atoms. The first-order valence-corrected chi connectivity index (χ1v) is 22.8. The van der Waals surface area contributed by atoms with Crippen LogP contribution in [0.1, 0.15) is 29.5 Å². The van der Waals surface area contributed by atoms with Crippen LogP contribution in [0.2, 0.25) is 0 Å². The van der Waals surface area contributed by atoms with E-state index in [-0.39, 0.29) is 14.5 Å². The Morgan fingerprint density at radius 3 is 1.19 bits per heavy atom. The molecule has 0 aromatic heterocycles. The van der Waals surface area contributed by atoms with Gasteiger partial charge in [-0.2, -0.15) is 0 Å². The quantitative estimate of drug-likeness (QED) is 0.0587. The van der Waals surface area contributed by atoms with E-state index in [1.807, 2.05) is 7.11 Å². The van der Waals surface area contributed by atoms with Crippen molar-refractivity contribution in [2.45, 2.75) is 30.2 Å². The summed E-state index contributed by atoms with van der Waals surface area (Å²) in [7, 11) is 0.626. The van der Waals surface area contributed by atoms with Crippen molar-refractivity contribution in [2.24, 2.45) is 11.8 Å². The lowest BCUT2D eigenvalue weighted by Crippen LogP contribution is -2.35. The van der Waals surface area contributed by atoms with Gasteiger partial charge in [0.25, 0.3) is 0 Å². The molecule has 1 aliphatic carbocycles. The summed E-state index contributed by atoms with van der Waals surface area (Å²) in [5.74, 6) is 0.709. The lowest BCUT2D eigenvalue weighted by atomic mass is 9.80. The maximum Gasteiger partial charge on any atom is 0.143 e. The molecule has 0 heterocycles. The van der Waals surface area contributed by atoms with Crippen molar-refractivity contribution in [3.63, 3.8) is 0 Å². The zero-order chi connectivity index (χ0) is 38.0. The van der Waals surface area contributed by atoms with E-state index in [0.29, 0.717) is 24.1 Å². The highest BCUT2D eigenvalue weighted by atomic mass is 31.1. The topological polar surface area (TPSA) is 18.5 Å². The van der Waals surface area contributed by atoms with Gasteiger partial charge in [-0.05, 0) is 90.3 Å². The van der Waals surface area contributed by atoms with Crippen LogP contribution < -0.4 is 21.2 Å². The van der Waals surface area contributed by atoms with Gasteiger partial charge in [0.05, 0.1) is 14.5 Å². The molecule has 7 aromatic rings. The zero-order valence-corrected chi connectivity index (χ0v) is 33.8. The molecular weight excluding hydrogens is 729 g/mol. The Labute approximate surface area is 344 Å². The minimum atomic E-state index is -0.763. The normalized spacial score (nSPS) is 18.0. The third kappa shape index (κ3) is 8.94. The molecule has 0 N–H and O–H groups in total. The summed E-state index contributed by atoms with van der Waals surface area (Å²) in [4.78, 5) is 0. The predicted molar refractivity (Wildman–Crippen MR) is 249 cm³/mol. The maximum absolute atomic E-state index is 7.49. The molecule has 286 valence electrons. The summed E-state index contributed by atoms with van der Waals surface area (Å²) < 4.78 is 14.1. The Bertz CT molecular complexity index is 2020. The van der Waals surface area contributed by atoms with Crippen LogP contribution in [0.3, 0.4) is 0 Å². The predicted octanol–water partition coefficient (Wildman–Crippen LogP) is 9.49. The zero-order valence-electron chi connectivity index (χ0n) is 32.1. The fourth-order valence-corrected chi connectivity index (χ4v) is 15.1. The Morgan fingerprint density at radius 2 is 0.825 bits per heavy atom. The summed E-state index contributed by atoms with van der Waals surface area (Å²) in [6.45, 7) is 0.593. The molecular formula is C52H53BO2P2. The molecule has 1 fully saturated rings. The second-order valence-electron chi connectivity index (χ2n) is 14.6. The van der Waals surface area contributed by atoms with Gasteiger partial charge in [-0.3, -0.25) is 0 Å². The first kappa shape index (κ1) is 40.6. The Kier molecular flexibility index (Phi) is 14.0. The third-order valence-electron chi connectivity index (χ3n) is 11.5. The van der Waals surface area contributed by atoms with Gasteiger partial charge < -0.3 is 9.47 Å². The molecule has 7 aromatic carbocycles. The van der Waals surface area contributed by atoms with Crippen LogP contribution in [0.4, 0.5) is 0 Å². The number of ether oxygens (including phenoxy) is 2. The first-order valence-electron chi connectivity index (χ1n) is 19.9. The van der Waals surface area contributed by atoms with Gasteiger partial charge in [-0.25, -0.2) is 0 Å². The molecule has 0 radical (unpaired) electrons. The average Bonchev–Trinajstić information content (AvgIpc) is 3.62. The number of benzene rings is 7. The van der Waals surface area contributed by atoms with Gasteiger partial charge in [0.1, 0.15) is 5.60 Å². The van der Waals surface area contributed by atoms with Crippen LogP contribution in [0.5, 0.6) is 0 Å². The Hall–Kier alpha value is -4.62. The lowest BCUT2D eigenvalue weighted by Gasteiger charge is -2.38. The minimum Gasteiger partial charge on any atom is -0.381 e.